The first-order valence-electron chi connectivity index (χ1n) is 11.7. The Bertz CT molecular complexity index is 1290. The Balaban J connectivity index is 1.13. The van der Waals surface area contributed by atoms with Crippen LogP contribution in [0.5, 0.6) is 0 Å². The third kappa shape index (κ3) is 5.10. The van der Waals surface area contributed by atoms with Gasteiger partial charge in [0.15, 0.2) is 0 Å². The van der Waals surface area contributed by atoms with E-state index < -0.39 is 0 Å². The highest BCUT2D eigenvalue weighted by molar-refractivity contribution is 7.99. The van der Waals surface area contributed by atoms with Crippen LogP contribution in [0.15, 0.2) is 65.5 Å². The van der Waals surface area contributed by atoms with E-state index in [1.807, 2.05) is 12.1 Å². The van der Waals surface area contributed by atoms with Gasteiger partial charge in [-0.25, -0.2) is 4.98 Å². The molecule has 0 aliphatic heterocycles. The first-order valence-corrected chi connectivity index (χ1v) is 13.6. The lowest BCUT2D eigenvalue weighted by Crippen LogP contribution is -2.27. The number of thioether (sulfide) groups is 1. The third-order valence-electron chi connectivity index (χ3n) is 6.26. The molecule has 1 amide bonds. The number of hydrogen-bond donors (Lipinski definition) is 2. The lowest BCUT2D eigenvalue weighted by atomic mass is 9.88. The van der Waals surface area contributed by atoms with E-state index in [4.69, 9.17) is 0 Å². The van der Waals surface area contributed by atoms with Gasteiger partial charge in [0, 0.05) is 17.3 Å². The van der Waals surface area contributed by atoms with Gasteiger partial charge in [-0.1, -0.05) is 60.7 Å². The summed E-state index contributed by atoms with van der Waals surface area (Å²) in [6.07, 6.45) is 3.99. The number of aromatic nitrogens is 2. The molecule has 0 fully saturated rings. The monoisotopic (exact) mass is 489 g/mol. The maximum atomic E-state index is 12.6. The molecule has 2 aromatic heterocycles. The summed E-state index contributed by atoms with van der Waals surface area (Å²) in [5.74, 6) is 1.73. The summed E-state index contributed by atoms with van der Waals surface area (Å²) < 4.78 is 0. The SMILES string of the molecule is O=C(CSCc1nc2sc3c(c2c(=O)[nH]1)CCC3)NCCC(c1ccccc1)c1ccccc1. The van der Waals surface area contributed by atoms with Crippen LogP contribution in [0.4, 0.5) is 0 Å². The number of carbonyl (C=O) groups excluding carboxylic acids is 1. The lowest BCUT2D eigenvalue weighted by Gasteiger charge is -2.18. The van der Waals surface area contributed by atoms with Crippen molar-refractivity contribution in [1.82, 2.24) is 15.3 Å². The molecule has 0 atom stereocenters. The number of aryl methyl sites for hydroxylation is 2. The van der Waals surface area contributed by atoms with E-state index in [-0.39, 0.29) is 17.4 Å². The standard InChI is InChI=1S/C27H27N3O2S2/c31-24(28-15-14-20(18-8-3-1-4-9-18)19-10-5-2-6-11-19)17-33-16-23-29-26(32)25-21-12-7-13-22(21)34-27(25)30-23/h1-6,8-11,20H,7,12-17H2,(H,28,31)(H,29,30,32). The van der Waals surface area contributed by atoms with Crippen LogP contribution >= 0.6 is 23.1 Å². The van der Waals surface area contributed by atoms with Crippen molar-refractivity contribution in [2.45, 2.75) is 37.4 Å². The number of carbonyl (C=O) groups is 1. The predicted octanol–water partition coefficient (Wildman–Crippen LogP) is 5.04. The van der Waals surface area contributed by atoms with E-state index in [0.717, 1.165) is 35.9 Å². The van der Waals surface area contributed by atoms with Crippen molar-refractivity contribution in [2.75, 3.05) is 12.3 Å². The van der Waals surface area contributed by atoms with Gasteiger partial charge in [0.25, 0.3) is 5.56 Å². The quantitative estimate of drug-likeness (QED) is 0.345. The molecule has 0 bridgehead atoms. The summed E-state index contributed by atoms with van der Waals surface area (Å²) in [5, 5.41) is 3.83. The molecule has 0 unspecified atom stereocenters. The molecule has 0 radical (unpaired) electrons. The van der Waals surface area contributed by atoms with Gasteiger partial charge >= 0.3 is 0 Å². The number of benzene rings is 2. The normalized spacial score (nSPS) is 12.9. The molecule has 5 nitrogen and oxygen atoms in total. The number of nitrogens with one attached hydrogen (secondary N) is 2. The number of amides is 1. The summed E-state index contributed by atoms with van der Waals surface area (Å²) in [6, 6.07) is 20.8. The van der Waals surface area contributed by atoms with E-state index >= 15 is 0 Å². The fraction of sp³-hybridized carbons (Fsp3) is 0.296. The summed E-state index contributed by atoms with van der Waals surface area (Å²) in [4.78, 5) is 34.7. The number of nitrogens with zero attached hydrogens (tertiary/aromatic N) is 1. The van der Waals surface area contributed by atoms with Gasteiger partial charge in [0.2, 0.25) is 5.91 Å². The van der Waals surface area contributed by atoms with Crippen molar-refractivity contribution < 1.29 is 4.79 Å². The van der Waals surface area contributed by atoms with Crippen LogP contribution in [0.25, 0.3) is 10.2 Å². The Morgan fingerprint density at radius 2 is 1.76 bits per heavy atom. The maximum Gasteiger partial charge on any atom is 0.259 e. The second-order valence-corrected chi connectivity index (χ2v) is 10.6. The number of aromatic amines is 1. The molecule has 0 saturated heterocycles. The van der Waals surface area contributed by atoms with Gasteiger partial charge in [-0.15, -0.1) is 23.1 Å². The molecular weight excluding hydrogens is 462 g/mol. The van der Waals surface area contributed by atoms with Crippen LogP contribution in [0.3, 0.4) is 0 Å². The molecule has 2 N–H and O–H groups in total. The minimum absolute atomic E-state index is 0.00315. The first kappa shape index (κ1) is 22.9. The zero-order valence-corrected chi connectivity index (χ0v) is 20.5. The van der Waals surface area contributed by atoms with Crippen molar-refractivity contribution in [1.29, 1.82) is 0 Å². The minimum atomic E-state index is -0.0442. The smallest absolute Gasteiger partial charge is 0.259 e. The molecule has 1 aliphatic rings. The highest BCUT2D eigenvalue weighted by Gasteiger charge is 2.21. The van der Waals surface area contributed by atoms with Crippen molar-refractivity contribution in [3.63, 3.8) is 0 Å². The van der Waals surface area contributed by atoms with E-state index in [1.54, 1.807) is 11.3 Å². The van der Waals surface area contributed by atoms with Gasteiger partial charge in [0.05, 0.1) is 16.9 Å². The molecule has 2 aromatic carbocycles. The van der Waals surface area contributed by atoms with Gasteiger partial charge in [0.1, 0.15) is 10.7 Å². The molecule has 2 heterocycles. The molecule has 5 rings (SSSR count). The number of rotatable bonds is 9. The summed E-state index contributed by atoms with van der Waals surface area (Å²) in [6.45, 7) is 0.607. The average molecular weight is 490 g/mol. The van der Waals surface area contributed by atoms with Crippen molar-refractivity contribution >= 4 is 39.2 Å². The molecule has 34 heavy (non-hydrogen) atoms. The molecular formula is C27H27N3O2S2. The topological polar surface area (TPSA) is 74.8 Å². The number of H-pyrrole nitrogens is 1. The minimum Gasteiger partial charge on any atom is -0.355 e. The Kier molecular flexibility index (Phi) is 7.11. The lowest BCUT2D eigenvalue weighted by molar-refractivity contribution is -0.118. The van der Waals surface area contributed by atoms with E-state index in [1.165, 1.54) is 33.3 Å². The van der Waals surface area contributed by atoms with E-state index in [2.05, 4.69) is 63.8 Å². The Hall–Kier alpha value is -2.90. The summed E-state index contributed by atoms with van der Waals surface area (Å²) in [7, 11) is 0. The molecule has 4 aromatic rings. The van der Waals surface area contributed by atoms with E-state index in [0.29, 0.717) is 23.9 Å². The molecule has 0 spiro atoms. The zero-order valence-electron chi connectivity index (χ0n) is 18.9. The maximum absolute atomic E-state index is 12.6. The Labute approximate surface area is 207 Å². The second-order valence-electron chi connectivity index (χ2n) is 8.56. The van der Waals surface area contributed by atoms with Crippen LogP contribution in [-0.2, 0) is 23.4 Å². The van der Waals surface area contributed by atoms with Gasteiger partial charge in [-0.2, -0.15) is 0 Å². The molecule has 1 aliphatic carbocycles. The molecule has 7 heteroatoms. The van der Waals surface area contributed by atoms with Crippen LogP contribution < -0.4 is 10.9 Å². The van der Waals surface area contributed by atoms with Crippen LogP contribution in [0.1, 0.15) is 46.2 Å². The Morgan fingerprint density at radius 3 is 2.47 bits per heavy atom. The fourth-order valence-corrected chi connectivity index (χ4v) is 6.66. The number of thiophene rings is 1. The van der Waals surface area contributed by atoms with Crippen molar-refractivity contribution in [3.8, 4) is 0 Å². The third-order valence-corrected chi connectivity index (χ3v) is 8.38. The van der Waals surface area contributed by atoms with Crippen molar-refractivity contribution in [2.24, 2.45) is 0 Å². The van der Waals surface area contributed by atoms with E-state index in [9.17, 15) is 9.59 Å². The average Bonchev–Trinajstić information content (AvgIpc) is 3.44. The first-order chi connectivity index (χ1) is 16.7. The fourth-order valence-electron chi connectivity index (χ4n) is 4.66. The highest BCUT2D eigenvalue weighted by atomic mass is 32.2. The second kappa shape index (κ2) is 10.6. The van der Waals surface area contributed by atoms with Crippen LogP contribution in [0.2, 0.25) is 0 Å². The van der Waals surface area contributed by atoms with Gasteiger partial charge in [-0.3, -0.25) is 9.59 Å². The largest absolute Gasteiger partial charge is 0.355 e. The van der Waals surface area contributed by atoms with Crippen LogP contribution in [0, 0.1) is 0 Å². The number of fused-ring (bicyclic) bond motifs is 3. The van der Waals surface area contributed by atoms with Crippen LogP contribution in [-0.4, -0.2) is 28.2 Å². The predicted molar refractivity (Wildman–Crippen MR) is 141 cm³/mol. The van der Waals surface area contributed by atoms with Crippen molar-refractivity contribution in [3.05, 3.63) is 98.4 Å². The summed E-state index contributed by atoms with van der Waals surface area (Å²) >= 11 is 3.12. The number of hydrogen-bond acceptors (Lipinski definition) is 5. The van der Waals surface area contributed by atoms with Gasteiger partial charge < -0.3 is 10.3 Å². The van der Waals surface area contributed by atoms with Gasteiger partial charge in [-0.05, 0) is 42.4 Å². The molecule has 0 saturated carbocycles. The Morgan fingerprint density at radius 1 is 1.06 bits per heavy atom. The zero-order chi connectivity index (χ0) is 23.3. The summed E-state index contributed by atoms with van der Waals surface area (Å²) in [5.41, 5.74) is 3.65. The highest BCUT2D eigenvalue weighted by Crippen LogP contribution is 2.34. The molecule has 174 valence electrons.